The van der Waals surface area contributed by atoms with Crippen LogP contribution in [0.4, 0.5) is 0 Å². The maximum absolute atomic E-state index is 11.3. The molecule has 0 radical (unpaired) electrons. The molecule has 1 rings (SSSR count). The molecule has 0 aliphatic heterocycles. The molecule has 1 aromatic heterocycles. The monoisotopic (exact) mass is 215 g/mol. The van der Waals surface area contributed by atoms with Crippen LogP contribution in [-0.2, 0) is 16.1 Å². The van der Waals surface area contributed by atoms with E-state index in [0.717, 1.165) is 0 Å². The van der Waals surface area contributed by atoms with Gasteiger partial charge in [0.25, 0.3) is 0 Å². The minimum absolute atomic E-state index is 0.131. The third kappa shape index (κ3) is 2.21. The molecule has 5 heteroatoms. The second kappa shape index (κ2) is 4.93. The van der Waals surface area contributed by atoms with Gasteiger partial charge in [-0.3, -0.25) is 0 Å². The van der Waals surface area contributed by atoms with Crippen molar-refractivity contribution in [2.45, 2.75) is 6.61 Å². The van der Waals surface area contributed by atoms with Crippen LogP contribution in [0.15, 0.2) is 12.3 Å². The summed E-state index contributed by atoms with van der Waals surface area (Å²) in [6, 6.07) is 1.67. The van der Waals surface area contributed by atoms with E-state index in [0.29, 0.717) is 12.2 Å². The summed E-state index contributed by atoms with van der Waals surface area (Å²) in [6.07, 6.45) is 1.52. The topological polar surface area (TPSA) is 48.4 Å². The highest BCUT2D eigenvalue weighted by atomic mass is 35.5. The van der Waals surface area contributed by atoms with Gasteiger partial charge in [0, 0.05) is 13.3 Å². The molecule has 1 aromatic rings. The highest BCUT2D eigenvalue weighted by Gasteiger charge is 2.16. The van der Waals surface area contributed by atoms with Crippen molar-refractivity contribution in [2.24, 2.45) is 0 Å². The highest BCUT2D eigenvalue weighted by molar-refractivity contribution is 6.32. The summed E-state index contributed by atoms with van der Waals surface area (Å²) in [4.78, 5) is 15.1. The van der Waals surface area contributed by atoms with Crippen molar-refractivity contribution >= 4 is 17.6 Å². The molecule has 0 atom stereocenters. The summed E-state index contributed by atoms with van der Waals surface area (Å²) in [5.74, 6) is -0.504. The smallest absolute Gasteiger partial charge is 0.341 e. The quantitative estimate of drug-likeness (QED) is 0.569. The number of nitrogens with zero attached hydrogens (tertiary/aromatic N) is 1. The summed E-state index contributed by atoms with van der Waals surface area (Å²) in [5.41, 5.74) is 0.929. The summed E-state index contributed by atoms with van der Waals surface area (Å²) in [6.45, 7) is 0.298. The van der Waals surface area contributed by atoms with Crippen LogP contribution < -0.4 is 0 Å². The van der Waals surface area contributed by atoms with Gasteiger partial charge in [0.1, 0.15) is 10.7 Å². The minimum Gasteiger partial charge on any atom is -0.465 e. The molecular formula is C9H10ClNO3. The van der Waals surface area contributed by atoms with Crippen molar-refractivity contribution in [3.63, 3.8) is 0 Å². The van der Waals surface area contributed by atoms with E-state index in [4.69, 9.17) is 16.3 Å². The molecule has 76 valence electrons. The Morgan fingerprint density at radius 2 is 2.29 bits per heavy atom. The standard InChI is InChI=1S/C9H10ClNO3/c1-13-5-6-3-4-11-8(10)7(6)9(12)14-2/h3-4H,5H2,1-2H3. The van der Waals surface area contributed by atoms with Crippen molar-refractivity contribution in [1.29, 1.82) is 0 Å². The van der Waals surface area contributed by atoms with Gasteiger partial charge >= 0.3 is 5.97 Å². The van der Waals surface area contributed by atoms with Gasteiger partial charge in [0.2, 0.25) is 0 Å². The van der Waals surface area contributed by atoms with Gasteiger partial charge in [0.15, 0.2) is 0 Å². The van der Waals surface area contributed by atoms with Crippen LogP contribution in [-0.4, -0.2) is 25.2 Å². The van der Waals surface area contributed by atoms with Crippen LogP contribution in [0.5, 0.6) is 0 Å². The Morgan fingerprint density at radius 1 is 1.57 bits per heavy atom. The third-order valence-electron chi connectivity index (χ3n) is 1.68. The number of aromatic nitrogens is 1. The average Bonchev–Trinajstić information content (AvgIpc) is 2.18. The zero-order valence-corrected chi connectivity index (χ0v) is 8.67. The van der Waals surface area contributed by atoms with E-state index in [-0.39, 0.29) is 10.7 Å². The molecule has 0 aliphatic rings. The number of rotatable bonds is 3. The summed E-state index contributed by atoms with van der Waals surface area (Å²) in [5, 5.41) is 0.131. The molecule has 0 amide bonds. The zero-order valence-electron chi connectivity index (χ0n) is 7.91. The fourth-order valence-corrected chi connectivity index (χ4v) is 1.32. The highest BCUT2D eigenvalue weighted by Crippen LogP contribution is 2.18. The average molecular weight is 216 g/mol. The van der Waals surface area contributed by atoms with Crippen molar-refractivity contribution in [3.05, 3.63) is 28.5 Å². The van der Waals surface area contributed by atoms with Gasteiger partial charge < -0.3 is 9.47 Å². The predicted molar refractivity (Wildman–Crippen MR) is 51.3 cm³/mol. The van der Waals surface area contributed by atoms with E-state index in [2.05, 4.69) is 9.72 Å². The van der Waals surface area contributed by atoms with E-state index < -0.39 is 5.97 Å². The first kappa shape index (κ1) is 10.9. The van der Waals surface area contributed by atoms with Crippen LogP contribution >= 0.6 is 11.6 Å². The first-order chi connectivity index (χ1) is 6.70. The third-order valence-corrected chi connectivity index (χ3v) is 1.97. The number of carbonyl (C=O) groups excluding carboxylic acids is 1. The lowest BCUT2D eigenvalue weighted by molar-refractivity contribution is 0.0595. The molecule has 0 N–H and O–H groups in total. The number of hydrogen-bond donors (Lipinski definition) is 0. The second-order valence-electron chi connectivity index (χ2n) is 2.56. The van der Waals surface area contributed by atoms with Gasteiger partial charge in [-0.15, -0.1) is 0 Å². The number of methoxy groups -OCH3 is 2. The second-order valence-corrected chi connectivity index (χ2v) is 2.92. The lowest BCUT2D eigenvalue weighted by atomic mass is 10.1. The molecular weight excluding hydrogens is 206 g/mol. The normalized spacial score (nSPS) is 9.93. The number of carbonyl (C=O) groups is 1. The molecule has 14 heavy (non-hydrogen) atoms. The number of hydrogen-bond acceptors (Lipinski definition) is 4. The van der Waals surface area contributed by atoms with Crippen LogP contribution in [0.3, 0.4) is 0 Å². The summed E-state index contributed by atoms with van der Waals surface area (Å²) < 4.78 is 9.51. The molecule has 0 saturated heterocycles. The Hall–Kier alpha value is -1.13. The molecule has 0 aliphatic carbocycles. The Bertz CT molecular complexity index is 341. The first-order valence-electron chi connectivity index (χ1n) is 3.91. The predicted octanol–water partition coefficient (Wildman–Crippen LogP) is 1.67. The number of esters is 1. The van der Waals surface area contributed by atoms with Crippen molar-refractivity contribution in [2.75, 3.05) is 14.2 Å². The van der Waals surface area contributed by atoms with Crippen molar-refractivity contribution in [1.82, 2.24) is 4.98 Å². The molecule has 0 unspecified atom stereocenters. The minimum atomic E-state index is -0.504. The van der Waals surface area contributed by atoms with E-state index in [1.165, 1.54) is 20.4 Å². The van der Waals surface area contributed by atoms with Crippen LogP contribution in [0.2, 0.25) is 5.15 Å². The fraction of sp³-hybridized carbons (Fsp3) is 0.333. The van der Waals surface area contributed by atoms with Crippen LogP contribution in [0.1, 0.15) is 15.9 Å². The molecule has 0 spiro atoms. The molecule has 4 nitrogen and oxygen atoms in total. The van der Waals surface area contributed by atoms with E-state index >= 15 is 0 Å². The SMILES string of the molecule is COCc1ccnc(Cl)c1C(=O)OC. The van der Waals surface area contributed by atoms with E-state index in [1.54, 1.807) is 6.07 Å². The molecule has 0 bridgehead atoms. The number of pyridine rings is 1. The lowest BCUT2D eigenvalue weighted by Crippen LogP contribution is -2.08. The largest absolute Gasteiger partial charge is 0.465 e. The van der Waals surface area contributed by atoms with Crippen LogP contribution in [0.25, 0.3) is 0 Å². The number of ether oxygens (including phenoxy) is 2. The van der Waals surface area contributed by atoms with Gasteiger partial charge in [-0.1, -0.05) is 11.6 Å². The molecule has 1 heterocycles. The lowest BCUT2D eigenvalue weighted by Gasteiger charge is -2.07. The fourth-order valence-electron chi connectivity index (χ4n) is 1.07. The number of halogens is 1. The molecule has 0 aromatic carbocycles. The van der Waals surface area contributed by atoms with Gasteiger partial charge in [-0.05, 0) is 11.6 Å². The maximum atomic E-state index is 11.3. The summed E-state index contributed by atoms with van der Waals surface area (Å²) >= 11 is 5.77. The van der Waals surface area contributed by atoms with E-state index in [1.807, 2.05) is 0 Å². The van der Waals surface area contributed by atoms with Crippen molar-refractivity contribution < 1.29 is 14.3 Å². The Kier molecular flexibility index (Phi) is 3.85. The Morgan fingerprint density at radius 3 is 2.86 bits per heavy atom. The van der Waals surface area contributed by atoms with Gasteiger partial charge in [0.05, 0.1) is 13.7 Å². The van der Waals surface area contributed by atoms with Crippen LogP contribution in [0, 0.1) is 0 Å². The van der Waals surface area contributed by atoms with Gasteiger partial charge in [-0.25, -0.2) is 9.78 Å². The van der Waals surface area contributed by atoms with Crippen molar-refractivity contribution in [3.8, 4) is 0 Å². The molecule has 0 saturated carbocycles. The summed E-state index contributed by atoms with van der Waals surface area (Å²) in [7, 11) is 2.83. The zero-order chi connectivity index (χ0) is 10.6. The first-order valence-corrected chi connectivity index (χ1v) is 4.29. The Labute approximate surface area is 86.8 Å². The molecule has 0 fully saturated rings. The van der Waals surface area contributed by atoms with E-state index in [9.17, 15) is 4.79 Å². The maximum Gasteiger partial charge on any atom is 0.341 e. The van der Waals surface area contributed by atoms with Gasteiger partial charge in [-0.2, -0.15) is 0 Å². The Balaban J connectivity index is 3.15.